The van der Waals surface area contributed by atoms with E-state index in [4.69, 9.17) is 5.73 Å². The predicted octanol–water partition coefficient (Wildman–Crippen LogP) is 3.28. The van der Waals surface area contributed by atoms with Gasteiger partial charge in [0.15, 0.2) is 0 Å². The Morgan fingerprint density at radius 1 is 1.07 bits per heavy atom. The lowest BCUT2D eigenvalue weighted by molar-refractivity contribution is 1.34. The topological polar surface area (TPSA) is 38.9 Å². The van der Waals surface area contributed by atoms with E-state index in [2.05, 4.69) is 31.0 Å². The Balaban J connectivity index is 0.000000980. The molecule has 82 valence electrons. The molecule has 0 aliphatic heterocycles. The number of fused-ring (bicyclic) bond motifs is 1. The van der Waals surface area contributed by atoms with E-state index in [1.165, 1.54) is 11.1 Å². The molecule has 0 saturated heterocycles. The molecule has 0 saturated carbocycles. The molecule has 0 unspecified atom stereocenters. The van der Waals surface area contributed by atoms with Crippen LogP contribution in [0.2, 0.25) is 0 Å². The van der Waals surface area contributed by atoms with Gasteiger partial charge in [-0.3, -0.25) is 4.98 Å². The normalized spacial score (nSPS) is 9.20. The van der Waals surface area contributed by atoms with Crippen LogP contribution in [0.5, 0.6) is 0 Å². The Kier molecular flexibility index (Phi) is 4.85. The van der Waals surface area contributed by atoms with Crippen LogP contribution >= 0.6 is 24.8 Å². The van der Waals surface area contributed by atoms with Gasteiger partial charge in [-0.2, -0.15) is 0 Å². The fraction of sp³-hybridized carbons (Fsp3) is 0.182. The van der Waals surface area contributed by atoms with E-state index in [0.29, 0.717) is 0 Å². The van der Waals surface area contributed by atoms with Crippen molar-refractivity contribution in [2.45, 2.75) is 13.8 Å². The molecule has 15 heavy (non-hydrogen) atoms. The minimum atomic E-state index is 0. The van der Waals surface area contributed by atoms with Gasteiger partial charge in [-0.1, -0.05) is 11.6 Å². The summed E-state index contributed by atoms with van der Waals surface area (Å²) in [5.41, 5.74) is 9.87. The van der Waals surface area contributed by atoms with Crippen LogP contribution in [0.25, 0.3) is 10.9 Å². The van der Waals surface area contributed by atoms with E-state index in [-0.39, 0.29) is 24.8 Å². The van der Waals surface area contributed by atoms with Crippen LogP contribution in [0.15, 0.2) is 24.4 Å². The number of hydrogen-bond donors (Lipinski definition) is 1. The van der Waals surface area contributed by atoms with Crippen molar-refractivity contribution in [2.75, 3.05) is 5.73 Å². The van der Waals surface area contributed by atoms with E-state index in [0.717, 1.165) is 16.6 Å². The number of rotatable bonds is 0. The third kappa shape index (κ3) is 2.74. The Hall–Kier alpha value is -0.990. The van der Waals surface area contributed by atoms with Gasteiger partial charge in [0.1, 0.15) is 0 Å². The molecule has 0 spiro atoms. The molecule has 1 aromatic heterocycles. The molecule has 0 aliphatic carbocycles. The summed E-state index contributed by atoms with van der Waals surface area (Å²) in [5.74, 6) is 0. The van der Waals surface area contributed by atoms with Gasteiger partial charge < -0.3 is 5.73 Å². The summed E-state index contributed by atoms with van der Waals surface area (Å²) in [6.07, 6.45) is 1.70. The molecule has 0 aliphatic rings. The Bertz CT molecular complexity index is 464. The fourth-order valence-electron chi connectivity index (χ4n) is 1.64. The minimum Gasteiger partial charge on any atom is -0.397 e. The molecule has 0 atom stereocenters. The van der Waals surface area contributed by atoms with Crippen molar-refractivity contribution < 1.29 is 0 Å². The first-order valence-corrected chi connectivity index (χ1v) is 4.29. The highest BCUT2D eigenvalue weighted by atomic mass is 35.5. The third-order valence-electron chi connectivity index (χ3n) is 2.14. The molecule has 0 bridgehead atoms. The first-order chi connectivity index (χ1) is 6.16. The molecule has 4 heteroatoms. The van der Waals surface area contributed by atoms with Crippen LogP contribution in [0.1, 0.15) is 11.1 Å². The molecule has 1 aromatic carbocycles. The van der Waals surface area contributed by atoms with Crippen molar-refractivity contribution in [1.29, 1.82) is 0 Å². The van der Waals surface area contributed by atoms with Gasteiger partial charge >= 0.3 is 0 Å². The van der Waals surface area contributed by atoms with Gasteiger partial charge in [0, 0.05) is 5.39 Å². The average Bonchev–Trinajstić information content (AvgIpc) is 2.02. The van der Waals surface area contributed by atoms with Crippen LogP contribution in [0.3, 0.4) is 0 Å². The highest BCUT2D eigenvalue weighted by Gasteiger charge is 1.99. The van der Waals surface area contributed by atoms with Gasteiger partial charge in [-0.15, -0.1) is 24.8 Å². The molecule has 0 radical (unpaired) electrons. The summed E-state index contributed by atoms with van der Waals surface area (Å²) in [4.78, 5) is 4.30. The van der Waals surface area contributed by atoms with E-state index in [1.807, 2.05) is 6.07 Å². The van der Waals surface area contributed by atoms with Crippen molar-refractivity contribution in [1.82, 2.24) is 4.98 Å². The number of nitrogen functional groups attached to an aromatic ring is 1. The standard InChI is InChI=1S/C11H12N2.2ClH/c1-7-3-8(2)11-9(4-7)5-10(12)6-13-11;;/h3-6H,12H2,1-2H3;2*1H. The summed E-state index contributed by atoms with van der Waals surface area (Å²) >= 11 is 0. The van der Waals surface area contributed by atoms with E-state index >= 15 is 0 Å². The van der Waals surface area contributed by atoms with Crippen molar-refractivity contribution in [2.24, 2.45) is 0 Å². The first-order valence-electron chi connectivity index (χ1n) is 4.29. The number of anilines is 1. The van der Waals surface area contributed by atoms with Crippen molar-refractivity contribution in [3.63, 3.8) is 0 Å². The summed E-state index contributed by atoms with van der Waals surface area (Å²) in [7, 11) is 0. The van der Waals surface area contributed by atoms with Gasteiger partial charge in [-0.05, 0) is 31.5 Å². The van der Waals surface area contributed by atoms with Crippen LogP contribution in [0.4, 0.5) is 5.69 Å². The van der Waals surface area contributed by atoms with Crippen LogP contribution in [-0.4, -0.2) is 4.98 Å². The summed E-state index contributed by atoms with van der Waals surface area (Å²) in [5, 5.41) is 1.12. The maximum Gasteiger partial charge on any atom is 0.0732 e. The maximum atomic E-state index is 5.66. The monoisotopic (exact) mass is 244 g/mol. The third-order valence-corrected chi connectivity index (χ3v) is 2.14. The second-order valence-corrected chi connectivity index (χ2v) is 3.42. The molecule has 1 heterocycles. The first kappa shape index (κ1) is 14.0. The lowest BCUT2D eigenvalue weighted by Crippen LogP contribution is -1.89. The Morgan fingerprint density at radius 2 is 1.73 bits per heavy atom. The molecule has 2 aromatic rings. The highest BCUT2D eigenvalue weighted by Crippen LogP contribution is 2.19. The fourth-order valence-corrected chi connectivity index (χ4v) is 1.64. The van der Waals surface area contributed by atoms with Gasteiger partial charge in [0.25, 0.3) is 0 Å². The number of hydrogen-bond acceptors (Lipinski definition) is 2. The quantitative estimate of drug-likeness (QED) is 0.773. The van der Waals surface area contributed by atoms with E-state index in [1.54, 1.807) is 6.20 Å². The molecule has 2 nitrogen and oxygen atoms in total. The van der Waals surface area contributed by atoms with Crippen LogP contribution in [-0.2, 0) is 0 Å². The second kappa shape index (κ2) is 5.19. The lowest BCUT2D eigenvalue weighted by atomic mass is 10.1. The predicted molar refractivity (Wildman–Crippen MR) is 70.1 cm³/mol. The molecule has 2 rings (SSSR count). The van der Waals surface area contributed by atoms with Crippen molar-refractivity contribution in [3.8, 4) is 0 Å². The highest BCUT2D eigenvalue weighted by molar-refractivity contribution is 5.86. The van der Waals surface area contributed by atoms with Gasteiger partial charge in [0.05, 0.1) is 17.4 Å². The number of aryl methyl sites for hydroxylation is 2. The summed E-state index contributed by atoms with van der Waals surface area (Å²) in [6.45, 7) is 4.15. The zero-order valence-electron chi connectivity index (χ0n) is 8.65. The summed E-state index contributed by atoms with van der Waals surface area (Å²) in [6, 6.07) is 6.19. The number of aromatic nitrogens is 1. The van der Waals surface area contributed by atoms with Crippen molar-refractivity contribution in [3.05, 3.63) is 35.5 Å². The molecule has 0 amide bonds. The number of benzene rings is 1. The Morgan fingerprint density at radius 3 is 2.40 bits per heavy atom. The van der Waals surface area contributed by atoms with E-state index < -0.39 is 0 Å². The zero-order chi connectivity index (χ0) is 9.42. The molecular formula is C11H14Cl2N2. The number of nitrogens with zero attached hydrogens (tertiary/aromatic N) is 1. The smallest absolute Gasteiger partial charge is 0.0732 e. The zero-order valence-corrected chi connectivity index (χ0v) is 10.3. The average molecular weight is 245 g/mol. The Labute approximate surface area is 102 Å². The van der Waals surface area contributed by atoms with Crippen LogP contribution in [0, 0.1) is 13.8 Å². The van der Waals surface area contributed by atoms with Crippen molar-refractivity contribution >= 4 is 41.4 Å². The maximum absolute atomic E-state index is 5.66. The van der Waals surface area contributed by atoms with Gasteiger partial charge in [-0.25, -0.2) is 0 Å². The molecule has 2 N–H and O–H groups in total. The number of pyridine rings is 1. The van der Waals surface area contributed by atoms with E-state index in [9.17, 15) is 0 Å². The molecule has 0 fully saturated rings. The van der Waals surface area contributed by atoms with Gasteiger partial charge in [0.2, 0.25) is 0 Å². The number of halogens is 2. The number of nitrogens with two attached hydrogens (primary N) is 1. The van der Waals surface area contributed by atoms with Crippen LogP contribution < -0.4 is 5.73 Å². The SMILES string of the molecule is Cc1cc(C)c2ncc(N)cc2c1.Cl.Cl. The minimum absolute atomic E-state index is 0. The second-order valence-electron chi connectivity index (χ2n) is 3.42. The molecular weight excluding hydrogens is 231 g/mol. The lowest BCUT2D eigenvalue weighted by Gasteiger charge is -2.03. The largest absolute Gasteiger partial charge is 0.397 e. The summed E-state index contributed by atoms with van der Waals surface area (Å²) < 4.78 is 0.